The van der Waals surface area contributed by atoms with Crippen LogP contribution < -0.4 is 10.5 Å². The van der Waals surface area contributed by atoms with Crippen molar-refractivity contribution in [1.82, 2.24) is 0 Å². The van der Waals surface area contributed by atoms with Crippen molar-refractivity contribution in [1.29, 1.82) is 0 Å². The Hall–Kier alpha value is -1.55. The fraction of sp³-hybridized carbons (Fsp3) is 0.533. The Morgan fingerprint density at radius 2 is 1.95 bits per heavy atom. The summed E-state index contributed by atoms with van der Waals surface area (Å²) < 4.78 is 10.4. The van der Waals surface area contributed by atoms with Gasteiger partial charge in [-0.15, -0.1) is 0 Å². The van der Waals surface area contributed by atoms with E-state index in [0.717, 1.165) is 24.2 Å². The van der Waals surface area contributed by atoms with E-state index < -0.39 is 6.04 Å². The molecule has 0 aliphatic rings. The Kier molecular flexibility index (Phi) is 6.97. The van der Waals surface area contributed by atoms with Crippen molar-refractivity contribution in [2.45, 2.75) is 39.2 Å². The molecule has 1 rings (SSSR count). The number of unbranched alkanes of at least 4 members (excludes halogenated alkanes) is 1. The zero-order valence-electron chi connectivity index (χ0n) is 11.7. The standard InChI is InChI=1S/C15H23NO3/c1-3-5-10-19-15(17)14(16)11-12-6-8-13(9-7-12)18-4-2/h6-9,14H,3-5,10-11,16H2,1-2H3. The zero-order chi connectivity index (χ0) is 14.1. The van der Waals surface area contributed by atoms with Crippen LogP contribution in [0.5, 0.6) is 5.75 Å². The highest BCUT2D eigenvalue weighted by Crippen LogP contribution is 2.13. The summed E-state index contributed by atoms with van der Waals surface area (Å²) in [6, 6.07) is 7.01. The molecule has 0 aliphatic carbocycles. The summed E-state index contributed by atoms with van der Waals surface area (Å²) in [6.45, 7) is 5.08. The molecule has 0 aromatic heterocycles. The van der Waals surface area contributed by atoms with Crippen LogP contribution >= 0.6 is 0 Å². The Morgan fingerprint density at radius 3 is 2.53 bits per heavy atom. The molecular weight excluding hydrogens is 242 g/mol. The van der Waals surface area contributed by atoms with Crippen LogP contribution in [-0.4, -0.2) is 25.2 Å². The normalized spacial score (nSPS) is 11.9. The van der Waals surface area contributed by atoms with Crippen molar-refractivity contribution in [3.8, 4) is 5.75 Å². The number of carbonyl (C=O) groups excluding carboxylic acids is 1. The van der Waals surface area contributed by atoms with Gasteiger partial charge in [-0.3, -0.25) is 4.79 Å². The number of carbonyl (C=O) groups is 1. The second kappa shape index (κ2) is 8.53. The summed E-state index contributed by atoms with van der Waals surface area (Å²) in [7, 11) is 0. The van der Waals surface area contributed by atoms with Crippen LogP contribution in [0, 0.1) is 0 Å². The van der Waals surface area contributed by atoms with Gasteiger partial charge in [0.1, 0.15) is 11.8 Å². The molecule has 1 aromatic carbocycles. The Morgan fingerprint density at radius 1 is 1.26 bits per heavy atom. The third-order valence-electron chi connectivity index (χ3n) is 2.73. The SMILES string of the molecule is CCCCOC(=O)C(N)Cc1ccc(OCC)cc1. The predicted octanol–water partition coefficient (Wildman–Crippen LogP) is 2.30. The topological polar surface area (TPSA) is 61.5 Å². The van der Waals surface area contributed by atoms with Crippen LogP contribution in [0.3, 0.4) is 0 Å². The lowest BCUT2D eigenvalue weighted by Gasteiger charge is -2.12. The average molecular weight is 265 g/mol. The molecule has 0 radical (unpaired) electrons. The first-order valence-electron chi connectivity index (χ1n) is 6.81. The second-order valence-corrected chi connectivity index (χ2v) is 4.41. The number of hydrogen-bond donors (Lipinski definition) is 1. The fourth-order valence-electron chi connectivity index (χ4n) is 1.65. The maximum absolute atomic E-state index is 11.6. The number of nitrogens with two attached hydrogens (primary N) is 1. The summed E-state index contributed by atoms with van der Waals surface area (Å²) in [5, 5.41) is 0. The predicted molar refractivity (Wildman–Crippen MR) is 75.2 cm³/mol. The monoisotopic (exact) mass is 265 g/mol. The molecule has 0 aliphatic heterocycles. The Bertz CT molecular complexity index is 375. The van der Waals surface area contributed by atoms with Crippen molar-refractivity contribution in [2.75, 3.05) is 13.2 Å². The minimum Gasteiger partial charge on any atom is -0.494 e. The van der Waals surface area contributed by atoms with Gasteiger partial charge in [0.2, 0.25) is 0 Å². The van der Waals surface area contributed by atoms with Gasteiger partial charge in [-0.1, -0.05) is 25.5 Å². The van der Waals surface area contributed by atoms with Crippen molar-refractivity contribution in [2.24, 2.45) is 5.73 Å². The number of benzene rings is 1. The third kappa shape index (κ3) is 5.75. The molecule has 4 heteroatoms. The minimum absolute atomic E-state index is 0.331. The number of hydrogen-bond acceptors (Lipinski definition) is 4. The van der Waals surface area contributed by atoms with Gasteiger partial charge in [-0.25, -0.2) is 0 Å². The number of rotatable bonds is 8. The molecule has 0 saturated heterocycles. The van der Waals surface area contributed by atoms with E-state index in [2.05, 4.69) is 0 Å². The highest BCUT2D eigenvalue weighted by Gasteiger charge is 2.15. The van der Waals surface area contributed by atoms with Crippen molar-refractivity contribution in [3.63, 3.8) is 0 Å². The van der Waals surface area contributed by atoms with E-state index in [4.69, 9.17) is 15.2 Å². The Balaban J connectivity index is 2.42. The lowest BCUT2D eigenvalue weighted by molar-refractivity contribution is -0.145. The van der Waals surface area contributed by atoms with Crippen LogP contribution in [0.2, 0.25) is 0 Å². The first-order chi connectivity index (χ1) is 9.17. The van der Waals surface area contributed by atoms with E-state index in [0.29, 0.717) is 19.6 Å². The van der Waals surface area contributed by atoms with Crippen molar-refractivity contribution in [3.05, 3.63) is 29.8 Å². The molecule has 0 spiro atoms. The van der Waals surface area contributed by atoms with Gasteiger partial charge in [0.15, 0.2) is 0 Å². The van der Waals surface area contributed by atoms with Gasteiger partial charge in [0.05, 0.1) is 13.2 Å². The quantitative estimate of drug-likeness (QED) is 0.578. The van der Waals surface area contributed by atoms with E-state index in [1.807, 2.05) is 38.1 Å². The molecule has 19 heavy (non-hydrogen) atoms. The van der Waals surface area contributed by atoms with Crippen LogP contribution in [0.15, 0.2) is 24.3 Å². The maximum atomic E-state index is 11.6. The van der Waals surface area contributed by atoms with E-state index in [1.54, 1.807) is 0 Å². The van der Waals surface area contributed by atoms with Gasteiger partial charge >= 0.3 is 5.97 Å². The lowest BCUT2D eigenvalue weighted by atomic mass is 10.1. The highest BCUT2D eigenvalue weighted by atomic mass is 16.5. The van der Waals surface area contributed by atoms with E-state index in [9.17, 15) is 4.79 Å². The van der Waals surface area contributed by atoms with Crippen LogP contribution in [-0.2, 0) is 16.0 Å². The smallest absolute Gasteiger partial charge is 0.323 e. The fourth-order valence-corrected chi connectivity index (χ4v) is 1.65. The number of esters is 1. The molecule has 4 nitrogen and oxygen atoms in total. The molecule has 0 bridgehead atoms. The molecule has 0 amide bonds. The molecule has 2 N–H and O–H groups in total. The molecule has 0 heterocycles. The Labute approximate surface area is 114 Å². The summed E-state index contributed by atoms with van der Waals surface area (Å²) in [6.07, 6.45) is 2.36. The van der Waals surface area contributed by atoms with Gasteiger partial charge in [-0.05, 0) is 37.5 Å². The lowest BCUT2D eigenvalue weighted by Crippen LogP contribution is -2.34. The summed E-state index contributed by atoms with van der Waals surface area (Å²) >= 11 is 0. The average Bonchev–Trinajstić information content (AvgIpc) is 2.41. The first kappa shape index (κ1) is 15.5. The highest BCUT2D eigenvalue weighted by molar-refractivity contribution is 5.75. The molecule has 106 valence electrons. The second-order valence-electron chi connectivity index (χ2n) is 4.41. The van der Waals surface area contributed by atoms with Crippen LogP contribution in [0.1, 0.15) is 32.3 Å². The molecular formula is C15H23NO3. The molecule has 1 unspecified atom stereocenters. The van der Waals surface area contributed by atoms with Crippen molar-refractivity contribution >= 4 is 5.97 Å². The van der Waals surface area contributed by atoms with Crippen LogP contribution in [0.4, 0.5) is 0 Å². The van der Waals surface area contributed by atoms with Gasteiger partial charge < -0.3 is 15.2 Å². The molecule has 1 atom stereocenters. The maximum Gasteiger partial charge on any atom is 0.323 e. The van der Waals surface area contributed by atoms with E-state index >= 15 is 0 Å². The minimum atomic E-state index is -0.602. The van der Waals surface area contributed by atoms with Gasteiger partial charge in [0.25, 0.3) is 0 Å². The van der Waals surface area contributed by atoms with Gasteiger partial charge in [-0.2, -0.15) is 0 Å². The third-order valence-corrected chi connectivity index (χ3v) is 2.73. The summed E-state index contributed by atoms with van der Waals surface area (Å²) in [5.74, 6) is 0.493. The van der Waals surface area contributed by atoms with Crippen LogP contribution in [0.25, 0.3) is 0 Å². The summed E-state index contributed by atoms with van der Waals surface area (Å²) in [5.41, 5.74) is 6.83. The number of ether oxygens (including phenoxy) is 2. The van der Waals surface area contributed by atoms with E-state index in [-0.39, 0.29) is 5.97 Å². The van der Waals surface area contributed by atoms with E-state index in [1.165, 1.54) is 0 Å². The van der Waals surface area contributed by atoms with Gasteiger partial charge in [0, 0.05) is 0 Å². The molecule has 0 saturated carbocycles. The first-order valence-corrected chi connectivity index (χ1v) is 6.81. The summed E-state index contributed by atoms with van der Waals surface area (Å²) in [4.78, 5) is 11.6. The zero-order valence-corrected chi connectivity index (χ0v) is 11.7. The largest absolute Gasteiger partial charge is 0.494 e. The molecule has 1 aromatic rings. The van der Waals surface area contributed by atoms with Crippen molar-refractivity contribution < 1.29 is 14.3 Å². The molecule has 0 fully saturated rings.